The molecule has 0 spiro atoms. The topological polar surface area (TPSA) is 65.9 Å². The van der Waals surface area contributed by atoms with Crippen LogP contribution in [0.15, 0.2) is 12.1 Å². The molecule has 4 heteroatoms. The van der Waals surface area contributed by atoms with Gasteiger partial charge in [0.2, 0.25) is 0 Å². The average Bonchev–Trinajstić information content (AvgIpc) is 2.68. The fraction of sp³-hybridized carbons (Fsp3) is 0.600. The van der Waals surface area contributed by atoms with Crippen LogP contribution in [-0.2, 0) is 6.54 Å². The third-order valence-electron chi connectivity index (χ3n) is 2.07. The van der Waals surface area contributed by atoms with Crippen molar-refractivity contribution in [3.8, 4) is 0 Å². The second kappa shape index (κ2) is 6.59. The second-order valence-corrected chi connectivity index (χ2v) is 3.37. The maximum atomic E-state index is 5.33. The predicted octanol–water partition coefficient (Wildman–Crippen LogP) is -0.0390. The van der Waals surface area contributed by atoms with Crippen molar-refractivity contribution in [3.63, 3.8) is 0 Å². The summed E-state index contributed by atoms with van der Waals surface area (Å²) in [5, 5.41) is 6.44. The highest BCUT2D eigenvalue weighted by Crippen LogP contribution is 1.97. The maximum Gasteiger partial charge on any atom is 0.0332 e. The van der Waals surface area contributed by atoms with E-state index in [0.717, 1.165) is 31.9 Å². The highest BCUT2D eigenvalue weighted by Gasteiger charge is 1.91. The Kier molecular flexibility index (Phi) is 5.29. The molecule has 1 fully saturated rings. The summed E-state index contributed by atoms with van der Waals surface area (Å²) in [5.74, 6) is 0. The number of rotatable bonds is 1. The fourth-order valence-corrected chi connectivity index (χ4v) is 1.28. The van der Waals surface area contributed by atoms with Crippen molar-refractivity contribution >= 4 is 0 Å². The van der Waals surface area contributed by atoms with Crippen LogP contribution in [0.3, 0.4) is 0 Å². The molecule has 0 unspecified atom stereocenters. The Hall–Kier alpha value is -0.840. The van der Waals surface area contributed by atoms with Crippen LogP contribution in [0.2, 0.25) is 0 Å². The van der Waals surface area contributed by atoms with Crippen molar-refractivity contribution in [1.29, 1.82) is 0 Å². The molecular weight excluding hydrogens is 176 g/mol. The molecule has 0 radical (unpaired) electrons. The van der Waals surface area contributed by atoms with Gasteiger partial charge in [0.25, 0.3) is 0 Å². The second-order valence-electron chi connectivity index (χ2n) is 3.37. The molecule has 1 aliphatic heterocycles. The lowest BCUT2D eigenvalue weighted by atomic mass is 10.4. The fourth-order valence-electron chi connectivity index (χ4n) is 1.28. The Morgan fingerprint density at radius 2 is 1.71 bits per heavy atom. The molecule has 0 aliphatic carbocycles. The predicted molar refractivity (Wildman–Crippen MR) is 59.2 cm³/mol. The summed E-state index contributed by atoms with van der Waals surface area (Å²) >= 11 is 0. The van der Waals surface area contributed by atoms with E-state index in [1.165, 1.54) is 5.69 Å². The molecule has 4 nitrogen and oxygen atoms in total. The number of H-pyrrole nitrogens is 1. The molecule has 14 heavy (non-hydrogen) atoms. The van der Waals surface area contributed by atoms with E-state index < -0.39 is 0 Å². The zero-order valence-corrected chi connectivity index (χ0v) is 8.77. The van der Waals surface area contributed by atoms with E-state index in [4.69, 9.17) is 5.73 Å². The Labute approximate surface area is 85.3 Å². The maximum absolute atomic E-state index is 5.33. The van der Waals surface area contributed by atoms with Gasteiger partial charge in [-0.2, -0.15) is 0 Å². The molecule has 5 N–H and O–H groups in total. The van der Waals surface area contributed by atoms with Crippen molar-refractivity contribution in [3.05, 3.63) is 23.5 Å². The lowest BCUT2D eigenvalue weighted by Gasteiger charge is -2.11. The number of hydrogen-bond donors (Lipinski definition) is 4. The molecule has 2 heterocycles. The third-order valence-corrected chi connectivity index (χ3v) is 2.07. The highest BCUT2D eigenvalue weighted by atomic mass is 15.0. The number of nitrogens with one attached hydrogen (secondary N) is 3. The molecule has 0 atom stereocenters. The number of aromatic amines is 1. The average molecular weight is 196 g/mol. The van der Waals surface area contributed by atoms with E-state index >= 15 is 0 Å². The molecule has 1 aliphatic rings. The summed E-state index contributed by atoms with van der Waals surface area (Å²) < 4.78 is 0. The third kappa shape index (κ3) is 4.41. The Bertz CT molecular complexity index is 229. The monoisotopic (exact) mass is 196 g/mol. The molecule has 0 aromatic carbocycles. The minimum atomic E-state index is 0.605. The van der Waals surface area contributed by atoms with Crippen LogP contribution >= 0.6 is 0 Å². The Morgan fingerprint density at radius 3 is 1.93 bits per heavy atom. The standard InChI is InChI=1S/C6H10N2.C4H10N2/c1-5-2-3-6(4-7)8-5;1-2-6-4-3-5-1/h2-3,8H,4,7H2,1H3;5-6H,1-4H2. The number of piperazine rings is 1. The van der Waals surface area contributed by atoms with Gasteiger partial charge >= 0.3 is 0 Å². The summed E-state index contributed by atoms with van der Waals surface area (Å²) in [4.78, 5) is 3.10. The van der Waals surface area contributed by atoms with Crippen molar-refractivity contribution in [2.45, 2.75) is 13.5 Å². The largest absolute Gasteiger partial charge is 0.361 e. The molecule has 0 bridgehead atoms. The highest BCUT2D eigenvalue weighted by molar-refractivity contribution is 5.10. The smallest absolute Gasteiger partial charge is 0.0332 e. The number of aromatic nitrogens is 1. The molecule has 1 saturated heterocycles. The first-order valence-corrected chi connectivity index (χ1v) is 5.09. The molecule has 1 aromatic heterocycles. The number of hydrogen-bond acceptors (Lipinski definition) is 3. The zero-order chi connectivity index (χ0) is 10.2. The molecular formula is C10H20N4. The lowest BCUT2D eigenvalue weighted by Crippen LogP contribution is -2.39. The van der Waals surface area contributed by atoms with Crippen molar-refractivity contribution in [2.75, 3.05) is 26.2 Å². The van der Waals surface area contributed by atoms with Gasteiger partial charge < -0.3 is 21.4 Å². The van der Waals surface area contributed by atoms with Gasteiger partial charge in [-0.3, -0.25) is 0 Å². The summed E-state index contributed by atoms with van der Waals surface area (Å²) in [6.45, 7) is 7.17. The summed E-state index contributed by atoms with van der Waals surface area (Å²) in [6.07, 6.45) is 0. The molecule has 80 valence electrons. The van der Waals surface area contributed by atoms with Crippen molar-refractivity contribution < 1.29 is 0 Å². The van der Waals surface area contributed by atoms with Crippen LogP contribution < -0.4 is 16.4 Å². The molecule has 0 amide bonds. The van der Waals surface area contributed by atoms with Crippen LogP contribution in [0.5, 0.6) is 0 Å². The van der Waals surface area contributed by atoms with Gasteiger partial charge in [-0.05, 0) is 19.1 Å². The molecule has 0 saturated carbocycles. The van der Waals surface area contributed by atoms with Crippen molar-refractivity contribution in [2.24, 2.45) is 5.73 Å². The summed E-state index contributed by atoms with van der Waals surface area (Å²) in [6, 6.07) is 4.01. The van der Waals surface area contributed by atoms with E-state index in [1.807, 2.05) is 19.1 Å². The van der Waals surface area contributed by atoms with Gasteiger partial charge in [-0.1, -0.05) is 0 Å². The van der Waals surface area contributed by atoms with Crippen LogP contribution in [-0.4, -0.2) is 31.2 Å². The summed E-state index contributed by atoms with van der Waals surface area (Å²) in [7, 11) is 0. The van der Waals surface area contributed by atoms with Gasteiger partial charge in [0.1, 0.15) is 0 Å². The van der Waals surface area contributed by atoms with Crippen LogP contribution in [0.1, 0.15) is 11.4 Å². The first-order chi connectivity index (χ1) is 6.83. The van der Waals surface area contributed by atoms with Gasteiger partial charge in [-0.25, -0.2) is 0 Å². The van der Waals surface area contributed by atoms with Crippen LogP contribution in [0, 0.1) is 6.92 Å². The van der Waals surface area contributed by atoms with Crippen LogP contribution in [0.25, 0.3) is 0 Å². The minimum absolute atomic E-state index is 0.605. The number of aryl methyl sites for hydroxylation is 1. The van der Waals surface area contributed by atoms with Gasteiger partial charge in [-0.15, -0.1) is 0 Å². The first-order valence-electron chi connectivity index (χ1n) is 5.09. The zero-order valence-electron chi connectivity index (χ0n) is 8.77. The van der Waals surface area contributed by atoms with E-state index in [9.17, 15) is 0 Å². The van der Waals surface area contributed by atoms with Crippen LogP contribution in [0.4, 0.5) is 0 Å². The van der Waals surface area contributed by atoms with Crippen molar-refractivity contribution in [1.82, 2.24) is 15.6 Å². The molecule has 1 aromatic rings. The SMILES string of the molecule is C1CNCCN1.Cc1ccc(CN)[nH]1. The molecule has 2 rings (SSSR count). The first kappa shape index (κ1) is 11.2. The van der Waals surface area contributed by atoms with Gasteiger partial charge in [0, 0.05) is 44.1 Å². The van der Waals surface area contributed by atoms with E-state index in [2.05, 4.69) is 15.6 Å². The quantitative estimate of drug-likeness (QED) is 0.509. The van der Waals surface area contributed by atoms with E-state index in [0.29, 0.717) is 6.54 Å². The van der Waals surface area contributed by atoms with Gasteiger partial charge in [0.15, 0.2) is 0 Å². The normalized spacial score (nSPS) is 15.9. The number of nitrogens with two attached hydrogens (primary N) is 1. The Morgan fingerprint density at radius 1 is 1.14 bits per heavy atom. The minimum Gasteiger partial charge on any atom is -0.361 e. The lowest BCUT2D eigenvalue weighted by molar-refractivity contribution is 0.534. The Balaban J connectivity index is 0.000000146. The van der Waals surface area contributed by atoms with Gasteiger partial charge in [0.05, 0.1) is 0 Å². The van der Waals surface area contributed by atoms with E-state index in [-0.39, 0.29) is 0 Å². The van der Waals surface area contributed by atoms with E-state index in [1.54, 1.807) is 0 Å². The summed E-state index contributed by atoms with van der Waals surface area (Å²) in [5.41, 5.74) is 7.60.